The molecule has 0 saturated carbocycles. The highest BCUT2D eigenvalue weighted by atomic mass is 16.6. The highest BCUT2D eigenvalue weighted by Gasteiger charge is 2.16. The molecule has 0 N–H and O–H groups in total. The molecular formula is C56H100O12. The van der Waals surface area contributed by atoms with Crippen LogP contribution in [-0.4, -0.2) is 73.9 Å². The third-order valence-electron chi connectivity index (χ3n) is 8.73. The van der Waals surface area contributed by atoms with E-state index in [1.54, 1.807) is 48.5 Å². The summed E-state index contributed by atoms with van der Waals surface area (Å²) in [6.45, 7) is 50.8. The first-order valence-electron chi connectivity index (χ1n) is 24.7. The van der Waals surface area contributed by atoms with Gasteiger partial charge in [-0.3, -0.25) is 0 Å². The second-order valence-corrected chi connectivity index (χ2v) is 17.6. The van der Waals surface area contributed by atoms with Gasteiger partial charge in [0, 0.05) is 34.4 Å². The fraction of sp³-hybridized carbons (Fsp3) is 0.679. The lowest BCUT2D eigenvalue weighted by molar-refractivity contribution is -0.150. The van der Waals surface area contributed by atoms with Crippen molar-refractivity contribution in [1.82, 2.24) is 0 Å². The van der Waals surface area contributed by atoms with Crippen LogP contribution in [0.3, 0.4) is 0 Å². The zero-order valence-electron chi connectivity index (χ0n) is 46.0. The summed E-state index contributed by atoms with van der Waals surface area (Å²) in [7, 11) is 0. The van der Waals surface area contributed by atoms with Crippen LogP contribution < -0.4 is 0 Å². The summed E-state index contributed by atoms with van der Waals surface area (Å²) in [5.74, 6) is -0.807. The Morgan fingerprint density at radius 1 is 0.485 bits per heavy atom. The topological polar surface area (TPSA) is 158 Å². The SMILES string of the molecule is C=C(C)C(=O)OC(C)(C)C.C=C(C)C(=O)OC(C)C.C=C(C)C(=O)OCC.C=C(C)C(=O)OCC(CC)CCCC.C=CC(=O)OCC(CC)CCCC.C=CC(=O)OCCCCCCCCC. The molecular weight excluding hydrogens is 865 g/mol. The lowest BCUT2D eigenvalue weighted by Gasteiger charge is -2.19. The molecule has 12 nitrogen and oxygen atoms in total. The predicted octanol–water partition coefficient (Wildman–Crippen LogP) is 14.3. The van der Waals surface area contributed by atoms with Crippen molar-refractivity contribution >= 4 is 35.8 Å². The van der Waals surface area contributed by atoms with Crippen LogP contribution in [-0.2, 0) is 57.2 Å². The number of carbonyl (C=O) groups is 6. The summed E-state index contributed by atoms with van der Waals surface area (Å²) in [6, 6.07) is 0. The molecule has 0 saturated heterocycles. The Kier molecular flexibility index (Phi) is 56.8. The van der Waals surface area contributed by atoms with Gasteiger partial charge in [0.15, 0.2) is 0 Å². The Hall–Kier alpha value is -4.74. The van der Waals surface area contributed by atoms with Crippen molar-refractivity contribution in [2.24, 2.45) is 11.8 Å². The van der Waals surface area contributed by atoms with Gasteiger partial charge in [0.25, 0.3) is 0 Å². The summed E-state index contributed by atoms with van der Waals surface area (Å²) in [5, 5.41) is 0. The van der Waals surface area contributed by atoms with Crippen molar-refractivity contribution in [3.05, 3.63) is 73.9 Å². The Bertz CT molecular complexity index is 1420. The van der Waals surface area contributed by atoms with Crippen molar-refractivity contribution in [3.63, 3.8) is 0 Å². The molecule has 0 bridgehead atoms. The molecule has 0 aliphatic carbocycles. The maximum Gasteiger partial charge on any atom is 0.333 e. The number of ether oxygens (including phenoxy) is 6. The predicted molar refractivity (Wildman–Crippen MR) is 281 cm³/mol. The molecule has 0 fully saturated rings. The zero-order chi connectivity index (χ0) is 54.1. The summed E-state index contributed by atoms with van der Waals surface area (Å²) < 4.78 is 29.3. The molecule has 0 rings (SSSR count). The van der Waals surface area contributed by atoms with Crippen LogP contribution in [0.2, 0.25) is 0 Å². The van der Waals surface area contributed by atoms with Gasteiger partial charge in [-0.2, -0.15) is 0 Å². The van der Waals surface area contributed by atoms with Gasteiger partial charge in [-0.15, -0.1) is 0 Å². The molecule has 68 heavy (non-hydrogen) atoms. The van der Waals surface area contributed by atoms with Crippen LogP contribution in [0.4, 0.5) is 0 Å². The number of unbranched alkanes of at least 4 members (excludes halogenated alkanes) is 8. The van der Waals surface area contributed by atoms with Crippen molar-refractivity contribution in [2.45, 2.75) is 212 Å². The fourth-order valence-corrected chi connectivity index (χ4v) is 4.60. The first kappa shape index (κ1) is 74.8. The Morgan fingerprint density at radius 3 is 1.15 bits per heavy atom. The van der Waals surface area contributed by atoms with Gasteiger partial charge in [0.05, 0.1) is 32.5 Å². The average Bonchev–Trinajstić information content (AvgIpc) is 3.27. The van der Waals surface area contributed by atoms with Gasteiger partial charge in [0.2, 0.25) is 0 Å². The highest BCUT2D eigenvalue weighted by molar-refractivity contribution is 5.88. The molecule has 396 valence electrons. The van der Waals surface area contributed by atoms with E-state index in [0.29, 0.717) is 60.6 Å². The Balaban J connectivity index is -0.000000172. The normalized spacial score (nSPS) is 10.6. The van der Waals surface area contributed by atoms with Crippen molar-refractivity contribution in [2.75, 3.05) is 26.4 Å². The molecule has 2 atom stereocenters. The quantitative estimate of drug-likeness (QED) is 0.0317. The van der Waals surface area contributed by atoms with E-state index in [2.05, 4.69) is 78.8 Å². The number of esters is 6. The zero-order valence-corrected chi connectivity index (χ0v) is 46.0. The largest absolute Gasteiger partial charge is 0.463 e. The van der Waals surface area contributed by atoms with Crippen LogP contribution in [0.5, 0.6) is 0 Å². The fourth-order valence-electron chi connectivity index (χ4n) is 4.60. The second-order valence-electron chi connectivity index (χ2n) is 17.6. The van der Waals surface area contributed by atoms with E-state index in [0.717, 1.165) is 38.5 Å². The van der Waals surface area contributed by atoms with E-state index in [9.17, 15) is 28.8 Å². The Labute approximate surface area is 415 Å². The van der Waals surface area contributed by atoms with Gasteiger partial charge in [-0.1, -0.05) is 151 Å². The third-order valence-corrected chi connectivity index (χ3v) is 8.73. The molecule has 0 aromatic rings. The lowest BCUT2D eigenvalue weighted by atomic mass is 10.0. The molecule has 12 heteroatoms. The van der Waals surface area contributed by atoms with Gasteiger partial charge < -0.3 is 28.4 Å². The molecule has 0 heterocycles. The summed E-state index contributed by atoms with van der Waals surface area (Å²) in [4.78, 5) is 64.4. The highest BCUT2D eigenvalue weighted by Crippen LogP contribution is 2.14. The van der Waals surface area contributed by atoms with E-state index in [1.807, 2.05) is 20.8 Å². The molecule has 2 unspecified atom stereocenters. The minimum atomic E-state index is -0.407. The molecule has 0 spiro atoms. The standard InChI is InChI=1S/2C12H22O2.C11H20O2.C8H14O2.C7H12O2.C6H10O2/c1-5-7-8-11(6-2)9-14-12(13)10(3)4;1-3-5-6-7-8-9-10-11-14-12(13)4-2;1-4-7-8-10(5-2)9-13-11(12)6-3;1-6(2)7(9)10-8(3,4)5;1-5(2)7(8)9-6(3)4;1-4-8-6(7)5(2)3/h11H,3,5-9H2,1-2,4H3;4H,2-3,5-11H2,1H3;6,10H,3-5,7-9H2,1-2H3;1H2,2-5H3;6H,1H2,2-4H3;2,4H2,1,3H3. The summed E-state index contributed by atoms with van der Waals surface area (Å²) in [5.41, 5.74) is 1.41. The first-order valence-corrected chi connectivity index (χ1v) is 24.7. The average molecular weight is 965 g/mol. The molecule has 0 aliphatic heterocycles. The Morgan fingerprint density at radius 2 is 0.853 bits per heavy atom. The minimum Gasteiger partial charge on any atom is -0.463 e. The number of hydrogen-bond donors (Lipinski definition) is 0. The molecule has 0 aromatic carbocycles. The van der Waals surface area contributed by atoms with Crippen LogP contribution in [0.15, 0.2) is 73.9 Å². The van der Waals surface area contributed by atoms with Crippen LogP contribution >= 0.6 is 0 Å². The monoisotopic (exact) mass is 965 g/mol. The van der Waals surface area contributed by atoms with Crippen molar-refractivity contribution in [1.29, 1.82) is 0 Å². The van der Waals surface area contributed by atoms with E-state index >= 15 is 0 Å². The smallest absolute Gasteiger partial charge is 0.333 e. The maximum absolute atomic E-state index is 11.1. The van der Waals surface area contributed by atoms with Gasteiger partial charge in [-0.25, -0.2) is 28.8 Å². The minimum absolute atomic E-state index is 0.0470. The van der Waals surface area contributed by atoms with E-state index < -0.39 is 5.60 Å². The summed E-state index contributed by atoms with van der Waals surface area (Å²) >= 11 is 0. The van der Waals surface area contributed by atoms with Crippen LogP contribution in [0.25, 0.3) is 0 Å². The van der Waals surface area contributed by atoms with Crippen LogP contribution in [0.1, 0.15) is 200 Å². The van der Waals surface area contributed by atoms with E-state index in [1.165, 1.54) is 69.9 Å². The summed E-state index contributed by atoms with van der Waals surface area (Å²) in [6.07, 6.45) is 20.3. The van der Waals surface area contributed by atoms with Crippen molar-refractivity contribution in [3.8, 4) is 0 Å². The van der Waals surface area contributed by atoms with E-state index in [4.69, 9.17) is 23.7 Å². The van der Waals surface area contributed by atoms with Crippen LogP contribution in [0, 0.1) is 11.8 Å². The molecule has 0 radical (unpaired) electrons. The number of carbonyl (C=O) groups excluding carboxylic acids is 6. The first-order chi connectivity index (χ1) is 31.7. The molecule has 0 aromatic heterocycles. The lowest BCUT2D eigenvalue weighted by Crippen LogP contribution is -2.23. The maximum atomic E-state index is 11.1. The van der Waals surface area contributed by atoms with Gasteiger partial charge in [0.1, 0.15) is 5.60 Å². The molecule has 0 aliphatic rings. The van der Waals surface area contributed by atoms with Gasteiger partial charge in [-0.05, 0) is 100 Å². The van der Waals surface area contributed by atoms with E-state index in [-0.39, 0.29) is 41.9 Å². The third kappa shape index (κ3) is 63.3. The van der Waals surface area contributed by atoms with Crippen molar-refractivity contribution < 1.29 is 57.2 Å². The van der Waals surface area contributed by atoms with Gasteiger partial charge >= 0.3 is 35.8 Å². The second kappa shape index (κ2) is 51.6. The number of rotatable bonds is 28. The molecule has 0 amide bonds. The number of hydrogen-bond acceptors (Lipinski definition) is 12.